The first-order chi connectivity index (χ1) is 16.0. The number of halogens is 4. The van der Waals surface area contributed by atoms with Crippen LogP contribution < -0.4 is 9.47 Å². The van der Waals surface area contributed by atoms with Crippen LogP contribution in [0.2, 0.25) is 0 Å². The number of hydrogen-bond donors (Lipinski definition) is 1. The SMILES string of the molecule is Cc1cc(OC/C=C(/c2ccc(I)cc2)c2ccc(C(F)(F)F)cc2)ccc1OC(C)C(=O)O. The van der Waals surface area contributed by atoms with Crippen molar-refractivity contribution in [3.05, 3.63) is 98.6 Å². The average molecular weight is 582 g/mol. The van der Waals surface area contributed by atoms with Crippen LogP contribution in [-0.4, -0.2) is 23.8 Å². The van der Waals surface area contributed by atoms with Crippen LogP contribution in [0.1, 0.15) is 29.2 Å². The molecule has 0 heterocycles. The largest absolute Gasteiger partial charge is 0.489 e. The van der Waals surface area contributed by atoms with Crippen LogP contribution in [0, 0.1) is 10.5 Å². The van der Waals surface area contributed by atoms with E-state index >= 15 is 0 Å². The molecule has 3 aromatic carbocycles. The first-order valence-electron chi connectivity index (χ1n) is 10.3. The summed E-state index contributed by atoms with van der Waals surface area (Å²) in [6.07, 6.45) is -3.56. The van der Waals surface area contributed by atoms with Gasteiger partial charge >= 0.3 is 12.1 Å². The molecule has 0 aliphatic rings. The van der Waals surface area contributed by atoms with Gasteiger partial charge in [-0.25, -0.2) is 4.79 Å². The Balaban J connectivity index is 1.81. The maximum atomic E-state index is 13.0. The van der Waals surface area contributed by atoms with Crippen molar-refractivity contribution in [2.45, 2.75) is 26.1 Å². The lowest BCUT2D eigenvalue weighted by atomic mass is 9.96. The van der Waals surface area contributed by atoms with Gasteiger partial charge < -0.3 is 14.6 Å². The molecule has 0 saturated heterocycles. The molecule has 0 amide bonds. The zero-order chi connectivity index (χ0) is 24.9. The quantitative estimate of drug-likeness (QED) is 0.291. The van der Waals surface area contributed by atoms with Crippen molar-refractivity contribution in [1.82, 2.24) is 0 Å². The van der Waals surface area contributed by atoms with Gasteiger partial charge in [0, 0.05) is 3.57 Å². The van der Waals surface area contributed by atoms with Crippen molar-refractivity contribution in [2.75, 3.05) is 6.61 Å². The minimum atomic E-state index is -4.40. The van der Waals surface area contributed by atoms with Gasteiger partial charge in [0.2, 0.25) is 0 Å². The minimum Gasteiger partial charge on any atom is -0.489 e. The van der Waals surface area contributed by atoms with Crippen LogP contribution in [0.4, 0.5) is 13.2 Å². The number of hydrogen-bond acceptors (Lipinski definition) is 3. The molecule has 3 aromatic rings. The first-order valence-corrected chi connectivity index (χ1v) is 11.4. The molecule has 0 spiro atoms. The molecule has 1 atom stereocenters. The van der Waals surface area contributed by atoms with E-state index < -0.39 is 23.8 Å². The van der Waals surface area contributed by atoms with Crippen molar-refractivity contribution in [3.63, 3.8) is 0 Å². The zero-order valence-corrected chi connectivity index (χ0v) is 20.6. The van der Waals surface area contributed by atoms with Gasteiger partial charge in [0.25, 0.3) is 0 Å². The number of rotatable bonds is 8. The Morgan fingerprint density at radius 1 is 1.03 bits per heavy atom. The highest BCUT2D eigenvalue weighted by Gasteiger charge is 2.30. The van der Waals surface area contributed by atoms with E-state index in [2.05, 4.69) is 22.6 Å². The fourth-order valence-corrected chi connectivity index (χ4v) is 3.54. The lowest BCUT2D eigenvalue weighted by molar-refractivity contribution is -0.144. The highest BCUT2D eigenvalue weighted by molar-refractivity contribution is 14.1. The van der Waals surface area contributed by atoms with E-state index in [-0.39, 0.29) is 6.61 Å². The van der Waals surface area contributed by atoms with Gasteiger partial charge in [-0.15, -0.1) is 0 Å². The predicted molar refractivity (Wildman–Crippen MR) is 132 cm³/mol. The van der Waals surface area contributed by atoms with Crippen molar-refractivity contribution < 1.29 is 32.5 Å². The highest BCUT2D eigenvalue weighted by Crippen LogP contribution is 2.32. The van der Waals surface area contributed by atoms with Crippen LogP contribution in [0.3, 0.4) is 0 Å². The lowest BCUT2D eigenvalue weighted by Crippen LogP contribution is -2.23. The standard InChI is InChI=1S/C26H22F3IO4/c1-16-15-22(11-12-24(16)34-17(2)25(31)32)33-14-13-23(19-5-9-21(30)10-6-19)18-3-7-20(8-4-18)26(27,28)29/h3-13,15,17H,14H2,1-2H3,(H,31,32)/b23-13+. The summed E-state index contributed by atoms with van der Waals surface area (Å²) < 4.78 is 51.2. The maximum Gasteiger partial charge on any atom is 0.416 e. The number of carboxylic acid groups (broad SMARTS) is 1. The number of benzene rings is 3. The molecule has 34 heavy (non-hydrogen) atoms. The molecule has 0 saturated carbocycles. The molecular formula is C26H22F3IO4. The molecule has 0 bridgehead atoms. The third-order valence-corrected chi connectivity index (χ3v) is 5.73. The predicted octanol–water partition coefficient (Wildman–Crippen LogP) is 6.98. The number of carbonyl (C=O) groups is 1. The minimum absolute atomic E-state index is 0.174. The van der Waals surface area contributed by atoms with Crippen LogP contribution in [0.15, 0.2) is 72.8 Å². The normalized spacial score (nSPS) is 12.8. The number of ether oxygens (including phenoxy) is 2. The summed E-state index contributed by atoms with van der Waals surface area (Å²) in [4.78, 5) is 11.0. The van der Waals surface area contributed by atoms with E-state index in [1.807, 2.05) is 30.3 Å². The van der Waals surface area contributed by atoms with E-state index in [9.17, 15) is 18.0 Å². The summed E-state index contributed by atoms with van der Waals surface area (Å²) in [7, 11) is 0. The maximum absolute atomic E-state index is 13.0. The van der Waals surface area contributed by atoms with E-state index in [0.717, 1.165) is 32.4 Å². The van der Waals surface area contributed by atoms with Crippen LogP contribution in [-0.2, 0) is 11.0 Å². The van der Waals surface area contributed by atoms with Crippen LogP contribution in [0.25, 0.3) is 5.57 Å². The van der Waals surface area contributed by atoms with Gasteiger partial charge in [-0.05, 0) is 107 Å². The molecule has 0 fully saturated rings. The second-order valence-electron chi connectivity index (χ2n) is 7.54. The monoisotopic (exact) mass is 582 g/mol. The van der Waals surface area contributed by atoms with Crippen molar-refractivity contribution in [3.8, 4) is 11.5 Å². The summed E-state index contributed by atoms with van der Waals surface area (Å²) >= 11 is 2.19. The van der Waals surface area contributed by atoms with Crippen LogP contribution in [0.5, 0.6) is 11.5 Å². The molecule has 1 N–H and O–H groups in total. The number of aliphatic carboxylic acids is 1. The smallest absolute Gasteiger partial charge is 0.416 e. The summed E-state index contributed by atoms with van der Waals surface area (Å²) in [5, 5.41) is 9.00. The van der Waals surface area contributed by atoms with E-state index in [1.54, 1.807) is 25.1 Å². The van der Waals surface area contributed by atoms with Gasteiger partial charge in [0.05, 0.1) is 5.56 Å². The molecule has 0 aliphatic heterocycles. The molecule has 178 valence electrons. The second-order valence-corrected chi connectivity index (χ2v) is 8.78. The summed E-state index contributed by atoms with van der Waals surface area (Å²) in [6, 6.07) is 17.8. The van der Waals surface area contributed by atoms with E-state index in [0.29, 0.717) is 17.1 Å². The molecule has 8 heteroatoms. The lowest BCUT2D eigenvalue weighted by Gasteiger charge is -2.14. The highest BCUT2D eigenvalue weighted by atomic mass is 127. The Morgan fingerprint density at radius 3 is 2.15 bits per heavy atom. The fourth-order valence-electron chi connectivity index (χ4n) is 3.18. The molecular weight excluding hydrogens is 560 g/mol. The Labute approximate surface area is 209 Å². The average Bonchev–Trinajstić information content (AvgIpc) is 2.78. The molecule has 0 aliphatic carbocycles. The third kappa shape index (κ3) is 6.75. The Morgan fingerprint density at radius 2 is 1.62 bits per heavy atom. The van der Waals surface area contributed by atoms with E-state index in [4.69, 9.17) is 14.6 Å². The van der Waals surface area contributed by atoms with Gasteiger partial charge in [-0.2, -0.15) is 13.2 Å². The molecule has 3 rings (SSSR count). The summed E-state index contributed by atoms with van der Waals surface area (Å²) in [5.74, 6) is -0.0585. The summed E-state index contributed by atoms with van der Waals surface area (Å²) in [5.41, 5.74) is 2.25. The molecule has 0 aromatic heterocycles. The first kappa shape index (κ1) is 25.6. The number of alkyl halides is 3. The zero-order valence-electron chi connectivity index (χ0n) is 18.4. The molecule has 4 nitrogen and oxygen atoms in total. The van der Waals surface area contributed by atoms with Gasteiger partial charge in [0.1, 0.15) is 18.1 Å². The Kier molecular flexibility index (Phi) is 8.24. The third-order valence-electron chi connectivity index (χ3n) is 5.01. The fraction of sp³-hybridized carbons (Fsp3) is 0.192. The number of aryl methyl sites for hydroxylation is 1. The van der Waals surface area contributed by atoms with Gasteiger partial charge in [-0.1, -0.05) is 24.3 Å². The number of carboxylic acids is 1. The van der Waals surface area contributed by atoms with Gasteiger partial charge in [-0.3, -0.25) is 0 Å². The Bertz CT molecular complexity index is 1170. The summed E-state index contributed by atoms with van der Waals surface area (Å²) in [6.45, 7) is 3.41. The van der Waals surface area contributed by atoms with Crippen LogP contribution >= 0.6 is 22.6 Å². The topological polar surface area (TPSA) is 55.8 Å². The van der Waals surface area contributed by atoms with E-state index in [1.165, 1.54) is 19.1 Å². The second kappa shape index (κ2) is 10.9. The van der Waals surface area contributed by atoms with Crippen molar-refractivity contribution >= 4 is 34.1 Å². The van der Waals surface area contributed by atoms with Crippen molar-refractivity contribution in [1.29, 1.82) is 0 Å². The van der Waals surface area contributed by atoms with Crippen molar-refractivity contribution in [2.24, 2.45) is 0 Å². The molecule has 1 unspecified atom stereocenters. The van der Waals surface area contributed by atoms with Gasteiger partial charge in [0.15, 0.2) is 6.10 Å². The molecule has 0 radical (unpaired) electrons. The Hall–Kier alpha value is -3.01.